The summed E-state index contributed by atoms with van der Waals surface area (Å²) in [7, 11) is 0. The molecule has 3 heteroatoms. The summed E-state index contributed by atoms with van der Waals surface area (Å²) in [5.41, 5.74) is 8.38. The number of nitrogens with zero attached hydrogens (tertiary/aromatic N) is 1. The first-order valence-corrected chi connectivity index (χ1v) is 9.98. The van der Waals surface area contributed by atoms with Gasteiger partial charge in [0.2, 0.25) is 0 Å². The van der Waals surface area contributed by atoms with Gasteiger partial charge in [0.25, 0.3) is 0 Å². The van der Waals surface area contributed by atoms with E-state index >= 15 is 0 Å². The molecule has 1 nitrogen and oxygen atoms in total. The van der Waals surface area contributed by atoms with Gasteiger partial charge in [-0.15, -0.1) is 0 Å². The molecule has 0 radical (unpaired) electrons. The number of fused-ring (bicyclic) bond motifs is 1. The fourth-order valence-corrected chi connectivity index (χ4v) is 4.34. The third-order valence-electron chi connectivity index (χ3n) is 4.94. The quantitative estimate of drug-likeness (QED) is 0.407. The van der Waals surface area contributed by atoms with E-state index in [2.05, 4.69) is 91.9 Å². The zero-order chi connectivity index (χ0) is 16.7. The Kier molecular flexibility index (Phi) is 4.40. The summed E-state index contributed by atoms with van der Waals surface area (Å²) in [4.78, 5) is 0. The fourth-order valence-electron chi connectivity index (χ4n) is 3.81. The molecule has 0 amide bonds. The van der Waals surface area contributed by atoms with Gasteiger partial charge in [-0.05, 0) is 85.7 Å². The van der Waals surface area contributed by atoms with Crippen molar-refractivity contribution in [3.8, 4) is 16.9 Å². The molecule has 0 atom stereocenters. The summed E-state index contributed by atoms with van der Waals surface area (Å²) in [6.07, 6.45) is 4.96. The van der Waals surface area contributed by atoms with Crippen molar-refractivity contribution in [3.63, 3.8) is 0 Å². The van der Waals surface area contributed by atoms with Gasteiger partial charge in [-0.2, -0.15) is 0 Å². The van der Waals surface area contributed by atoms with E-state index < -0.39 is 0 Å². The first-order chi connectivity index (χ1) is 11.6. The van der Waals surface area contributed by atoms with Crippen LogP contribution in [0.1, 0.15) is 29.7 Å². The van der Waals surface area contributed by atoms with E-state index in [1.165, 1.54) is 53.9 Å². The van der Waals surface area contributed by atoms with Crippen molar-refractivity contribution in [1.82, 2.24) is 4.57 Å². The molecule has 4 rings (SSSR count). The van der Waals surface area contributed by atoms with Crippen LogP contribution in [0.4, 0.5) is 0 Å². The van der Waals surface area contributed by atoms with Crippen molar-refractivity contribution in [2.24, 2.45) is 0 Å². The molecule has 1 aliphatic rings. The molecule has 0 saturated carbocycles. The van der Waals surface area contributed by atoms with E-state index in [-0.39, 0.29) is 0 Å². The van der Waals surface area contributed by atoms with Crippen LogP contribution >= 0.6 is 31.9 Å². The van der Waals surface area contributed by atoms with Crippen LogP contribution in [0.5, 0.6) is 0 Å². The number of hydrogen-bond acceptors (Lipinski definition) is 0. The predicted molar refractivity (Wildman–Crippen MR) is 108 cm³/mol. The molecule has 0 N–H and O–H groups in total. The maximum absolute atomic E-state index is 3.56. The highest BCUT2D eigenvalue weighted by Crippen LogP contribution is 2.38. The molecule has 0 saturated heterocycles. The summed E-state index contributed by atoms with van der Waals surface area (Å²) in [6, 6.07) is 17.4. The molecule has 0 spiro atoms. The van der Waals surface area contributed by atoms with Gasteiger partial charge >= 0.3 is 0 Å². The van der Waals surface area contributed by atoms with Crippen LogP contribution < -0.4 is 0 Å². The second-order valence-electron chi connectivity index (χ2n) is 6.42. The normalized spacial score (nSPS) is 13.8. The molecule has 122 valence electrons. The van der Waals surface area contributed by atoms with Crippen molar-refractivity contribution in [2.75, 3.05) is 0 Å². The summed E-state index contributed by atoms with van der Waals surface area (Å²) < 4.78 is 4.73. The molecule has 0 aliphatic heterocycles. The van der Waals surface area contributed by atoms with Gasteiger partial charge in [0, 0.05) is 20.3 Å². The maximum atomic E-state index is 3.56. The molecule has 1 heterocycles. The standard InChI is InChI=1S/C21H19Br2N/c1-14-19-4-2-3-5-20(19)24(18-12-10-17(23)11-13-18)21(14)15-6-8-16(22)9-7-15/h6-13H,2-5H2,1H3. The zero-order valence-corrected chi connectivity index (χ0v) is 16.8. The van der Waals surface area contributed by atoms with E-state index in [0.29, 0.717) is 0 Å². The van der Waals surface area contributed by atoms with E-state index in [9.17, 15) is 0 Å². The first-order valence-electron chi connectivity index (χ1n) is 8.40. The van der Waals surface area contributed by atoms with Crippen molar-refractivity contribution in [3.05, 3.63) is 74.3 Å². The Balaban J connectivity index is 1.99. The van der Waals surface area contributed by atoms with E-state index in [1.54, 1.807) is 5.56 Å². The van der Waals surface area contributed by atoms with Crippen LogP contribution in [-0.2, 0) is 12.8 Å². The van der Waals surface area contributed by atoms with Gasteiger partial charge < -0.3 is 4.57 Å². The van der Waals surface area contributed by atoms with E-state index in [1.807, 2.05) is 0 Å². The Bertz CT molecular complexity index is 874. The molecular formula is C21H19Br2N. The highest BCUT2D eigenvalue weighted by Gasteiger charge is 2.24. The van der Waals surface area contributed by atoms with Crippen LogP contribution in [0.3, 0.4) is 0 Å². The number of benzene rings is 2. The lowest BCUT2D eigenvalue weighted by Crippen LogP contribution is -2.07. The van der Waals surface area contributed by atoms with Gasteiger partial charge in [0.1, 0.15) is 0 Å². The summed E-state index contributed by atoms with van der Waals surface area (Å²) in [5, 5.41) is 0. The van der Waals surface area contributed by atoms with Crippen LogP contribution in [0.25, 0.3) is 16.9 Å². The molecule has 2 aromatic carbocycles. The molecule has 1 aliphatic carbocycles. The molecule has 1 aromatic heterocycles. The molecule has 0 bridgehead atoms. The SMILES string of the molecule is Cc1c2c(n(-c3ccc(Br)cc3)c1-c1ccc(Br)cc1)CCCC2. The maximum Gasteiger partial charge on any atom is 0.0563 e. The third-order valence-corrected chi connectivity index (χ3v) is 6.00. The Hall–Kier alpha value is -1.32. The van der Waals surface area contributed by atoms with Crippen molar-refractivity contribution >= 4 is 31.9 Å². The molecular weight excluding hydrogens is 426 g/mol. The Morgan fingerprint density at radius 2 is 1.38 bits per heavy atom. The smallest absolute Gasteiger partial charge is 0.0563 e. The molecule has 24 heavy (non-hydrogen) atoms. The lowest BCUT2D eigenvalue weighted by molar-refractivity contribution is 0.662. The van der Waals surface area contributed by atoms with Crippen LogP contribution in [0.15, 0.2) is 57.5 Å². The van der Waals surface area contributed by atoms with E-state index in [4.69, 9.17) is 0 Å². The first kappa shape index (κ1) is 16.2. The Labute approximate surface area is 160 Å². The molecule has 0 fully saturated rings. The van der Waals surface area contributed by atoms with Crippen LogP contribution in [-0.4, -0.2) is 4.57 Å². The third kappa shape index (κ3) is 2.78. The number of aromatic nitrogens is 1. The molecule has 0 unspecified atom stereocenters. The highest BCUT2D eigenvalue weighted by atomic mass is 79.9. The van der Waals surface area contributed by atoms with Crippen LogP contribution in [0, 0.1) is 6.92 Å². The van der Waals surface area contributed by atoms with Crippen molar-refractivity contribution in [2.45, 2.75) is 32.6 Å². The average molecular weight is 445 g/mol. The van der Waals surface area contributed by atoms with Gasteiger partial charge in [0.05, 0.1) is 5.69 Å². The topological polar surface area (TPSA) is 4.93 Å². The minimum Gasteiger partial charge on any atom is -0.313 e. The number of rotatable bonds is 2. The van der Waals surface area contributed by atoms with Crippen molar-refractivity contribution < 1.29 is 0 Å². The lowest BCUT2D eigenvalue weighted by Gasteiger charge is -2.17. The predicted octanol–water partition coefficient (Wildman–Crippen LogP) is 6.86. The van der Waals surface area contributed by atoms with Crippen LogP contribution in [0.2, 0.25) is 0 Å². The number of hydrogen-bond donors (Lipinski definition) is 0. The average Bonchev–Trinajstić information content (AvgIpc) is 2.90. The van der Waals surface area contributed by atoms with E-state index in [0.717, 1.165) is 8.95 Å². The summed E-state index contributed by atoms with van der Waals surface area (Å²) in [6.45, 7) is 2.29. The summed E-state index contributed by atoms with van der Waals surface area (Å²) >= 11 is 7.11. The Morgan fingerprint density at radius 1 is 0.792 bits per heavy atom. The lowest BCUT2D eigenvalue weighted by atomic mass is 9.94. The zero-order valence-electron chi connectivity index (χ0n) is 13.7. The highest BCUT2D eigenvalue weighted by molar-refractivity contribution is 9.10. The van der Waals surface area contributed by atoms with Gasteiger partial charge in [-0.3, -0.25) is 0 Å². The second kappa shape index (κ2) is 6.53. The number of halogens is 2. The minimum absolute atomic E-state index is 1.12. The monoisotopic (exact) mass is 443 g/mol. The second-order valence-corrected chi connectivity index (χ2v) is 8.26. The van der Waals surface area contributed by atoms with Gasteiger partial charge in [-0.25, -0.2) is 0 Å². The molecule has 3 aromatic rings. The Morgan fingerprint density at radius 3 is 2.04 bits per heavy atom. The fraction of sp³-hybridized carbons (Fsp3) is 0.238. The van der Waals surface area contributed by atoms with Gasteiger partial charge in [0.15, 0.2) is 0 Å². The van der Waals surface area contributed by atoms with Crippen molar-refractivity contribution in [1.29, 1.82) is 0 Å². The minimum atomic E-state index is 1.12. The summed E-state index contributed by atoms with van der Waals surface area (Å²) in [5.74, 6) is 0. The largest absolute Gasteiger partial charge is 0.313 e. The van der Waals surface area contributed by atoms with Gasteiger partial charge in [-0.1, -0.05) is 44.0 Å².